The van der Waals surface area contributed by atoms with E-state index in [1.165, 1.54) is 0 Å². The third-order valence-corrected chi connectivity index (χ3v) is 2.92. The summed E-state index contributed by atoms with van der Waals surface area (Å²) in [5, 5.41) is 8.59. The number of hydrogen-bond acceptors (Lipinski definition) is 6. The predicted molar refractivity (Wildman–Crippen MR) is 77.7 cm³/mol. The number of rotatable bonds is 6. The summed E-state index contributed by atoms with van der Waals surface area (Å²) in [7, 11) is 1.78. The number of halogens is 1. The van der Waals surface area contributed by atoms with Crippen LogP contribution < -0.4 is 0 Å². The molecule has 0 fully saturated rings. The molecular formula is C14H16ClN3O3. The molecule has 2 rings (SSSR count). The van der Waals surface area contributed by atoms with E-state index in [1.54, 1.807) is 31.0 Å². The van der Waals surface area contributed by atoms with E-state index in [0.717, 1.165) is 5.56 Å². The van der Waals surface area contributed by atoms with Gasteiger partial charge in [-0.25, -0.2) is 0 Å². The molecule has 1 heterocycles. The maximum absolute atomic E-state index is 11.4. The molecule has 0 bridgehead atoms. The summed E-state index contributed by atoms with van der Waals surface area (Å²) < 4.78 is 10.4. The Hall–Kier alpha value is -1.92. The highest BCUT2D eigenvalue weighted by Crippen LogP contribution is 2.20. The average Bonchev–Trinajstić information content (AvgIpc) is 2.88. The van der Waals surface area contributed by atoms with Crippen molar-refractivity contribution in [3.63, 3.8) is 0 Å². The Kier molecular flexibility index (Phi) is 5.30. The first-order valence-electron chi connectivity index (χ1n) is 6.51. The van der Waals surface area contributed by atoms with Crippen molar-refractivity contribution in [2.45, 2.75) is 13.5 Å². The van der Waals surface area contributed by atoms with Crippen LogP contribution in [0.3, 0.4) is 0 Å². The molecule has 0 atom stereocenters. The summed E-state index contributed by atoms with van der Waals surface area (Å²) >= 11 is 5.83. The van der Waals surface area contributed by atoms with Crippen LogP contribution in [-0.4, -0.2) is 41.3 Å². The van der Waals surface area contributed by atoms with Crippen molar-refractivity contribution in [3.05, 3.63) is 35.2 Å². The van der Waals surface area contributed by atoms with Gasteiger partial charge < -0.3 is 9.15 Å². The Morgan fingerprint density at radius 2 is 2.05 bits per heavy atom. The largest absolute Gasteiger partial charge is 0.465 e. The molecule has 0 saturated heterocycles. The van der Waals surface area contributed by atoms with Crippen molar-refractivity contribution in [2.75, 3.05) is 20.2 Å². The van der Waals surface area contributed by atoms with E-state index in [9.17, 15) is 4.79 Å². The number of ether oxygens (including phenoxy) is 1. The van der Waals surface area contributed by atoms with Crippen molar-refractivity contribution in [3.8, 4) is 11.5 Å². The molecule has 0 radical (unpaired) electrons. The van der Waals surface area contributed by atoms with E-state index in [4.69, 9.17) is 20.8 Å². The Balaban J connectivity index is 1.96. The van der Waals surface area contributed by atoms with Crippen molar-refractivity contribution in [1.82, 2.24) is 15.1 Å². The van der Waals surface area contributed by atoms with E-state index in [0.29, 0.717) is 30.0 Å². The summed E-state index contributed by atoms with van der Waals surface area (Å²) in [6.45, 7) is 2.69. The number of esters is 1. The van der Waals surface area contributed by atoms with Crippen LogP contribution in [-0.2, 0) is 16.1 Å². The molecular weight excluding hydrogens is 294 g/mol. The van der Waals surface area contributed by atoms with Gasteiger partial charge in [-0.2, -0.15) is 0 Å². The molecule has 0 aliphatic heterocycles. The lowest BCUT2D eigenvalue weighted by atomic mass is 10.2. The molecule has 0 amide bonds. The molecule has 2 aromatic rings. The molecule has 7 heteroatoms. The maximum atomic E-state index is 11.4. The van der Waals surface area contributed by atoms with Gasteiger partial charge in [0.2, 0.25) is 11.8 Å². The second-order valence-corrected chi connectivity index (χ2v) is 4.92. The van der Waals surface area contributed by atoms with Gasteiger partial charge in [-0.3, -0.25) is 9.69 Å². The lowest BCUT2D eigenvalue weighted by Crippen LogP contribution is -2.27. The first kappa shape index (κ1) is 15.5. The number of benzene rings is 1. The molecule has 0 saturated carbocycles. The lowest BCUT2D eigenvalue weighted by molar-refractivity contribution is -0.144. The Labute approximate surface area is 127 Å². The summed E-state index contributed by atoms with van der Waals surface area (Å²) in [6.07, 6.45) is 0. The second-order valence-electron chi connectivity index (χ2n) is 4.49. The molecule has 0 spiro atoms. The minimum atomic E-state index is -0.280. The van der Waals surface area contributed by atoms with Crippen LogP contribution in [0.1, 0.15) is 12.8 Å². The van der Waals surface area contributed by atoms with Crippen LogP contribution in [0.5, 0.6) is 0 Å². The fourth-order valence-corrected chi connectivity index (χ4v) is 1.87. The molecule has 1 aromatic carbocycles. The zero-order valence-electron chi connectivity index (χ0n) is 11.9. The number of carbonyl (C=O) groups is 1. The minimum Gasteiger partial charge on any atom is -0.465 e. The van der Waals surface area contributed by atoms with Crippen molar-refractivity contribution < 1.29 is 13.9 Å². The fraction of sp³-hybridized carbons (Fsp3) is 0.357. The van der Waals surface area contributed by atoms with Crippen LogP contribution in [0.4, 0.5) is 0 Å². The molecule has 112 valence electrons. The van der Waals surface area contributed by atoms with Crippen molar-refractivity contribution in [2.24, 2.45) is 0 Å². The SMILES string of the molecule is CCOC(=O)CN(C)Cc1nnc(-c2ccc(Cl)cc2)o1. The van der Waals surface area contributed by atoms with Gasteiger partial charge >= 0.3 is 5.97 Å². The van der Waals surface area contributed by atoms with E-state index in [2.05, 4.69) is 10.2 Å². The topological polar surface area (TPSA) is 68.5 Å². The first-order chi connectivity index (χ1) is 10.1. The molecule has 1 aromatic heterocycles. The van der Waals surface area contributed by atoms with Gasteiger partial charge in [-0.1, -0.05) is 11.6 Å². The summed E-state index contributed by atoms with van der Waals surface area (Å²) in [5.41, 5.74) is 0.797. The smallest absolute Gasteiger partial charge is 0.320 e. The van der Waals surface area contributed by atoms with Gasteiger partial charge in [0.1, 0.15) is 0 Å². The summed E-state index contributed by atoms with van der Waals surface area (Å²) in [6, 6.07) is 7.13. The molecule has 0 aliphatic rings. The molecule has 0 N–H and O–H groups in total. The third-order valence-electron chi connectivity index (χ3n) is 2.67. The van der Waals surface area contributed by atoms with Gasteiger partial charge in [0, 0.05) is 10.6 Å². The van der Waals surface area contributed by atoms with Crippen LogP contribution in [0.25, 0.3) is 11.5 Å². The Bertz CT molecular complexity index is 598. The number of likely N-dealkylation sites (N-methyl/N-ethyl adjacent to an activating group) is 1. The monoisotopic (exact) mass is 309 g/mol. The van der Waals surface area contributed by atoms with E-state index in [-0.39, 0.29) is 12.5 Å². The second kappa shape index (κ2) is 7.19. The average molecular weight is 310 g/mol. The molecule has 0 aliphatic carbocycles. The number of hydrogen-bond donors (Lipinski definition) is 0. The number of nitrogens with zero attached hydrogens (tertiary/aromatic N) is 3. The standard InChI is InChI=1S/C14H16ClN3O3/c1-3-20-13(19)9-18(2)8-12-16-17-14(21-12)10-4-6-11(15)7-5-10/h4-7H,3,8-9H2,1-2H3. The molecule has 21 heavy (non-hydrogen) atoms. The van der Waals surface area contributed by atoms with Gasteiger partial charge in [-0.15, -0.1) is 10.2 Å². The highest BCUT2D eigenvalue weighted by atomic mass is 35.5. The van der Waals surface area contributed by atoms with Gasteiger partial charge in [-0.05, 0) is 38.2 Å². The summed E-state index contributed by atoms with van der Waals surface area (Å²) in [5.74, 6) is 0.579. The quantitative estimate of drug-likeness (QED) is 0.763. The lowest BCUT2D eigenvalue weighted by Gasteiger charge is -2.12. The molecule has 0 unspecified atom stereocenters. The Morgan fingerprint density at radius 3 is 2.71 bits per heavy atom. The van der Waals surface area contributed by atoms with Gasteiger partial charge in [0.15, 0.2) is 0 Å². The van der Waals surface area contributed by atoms with Gasteiger partial charge in [0.05, 0.1) is 19.7 Å². The van der Waals surface area contributed by atoms with Gasteiger partial charge in [0.25, 0.3) is 0 Å². The van der Waals surface area contributed by atoms with Crippen LogP contribution in [0, 0.1) is 0 Å². The highest BCUT2D eigenvalue weighted by molar-refractivity contribution is 6.30. The van der Waals surface area contributed by atoms with Crippen LogP contribution in [0.15, 0.2) is 28.7 Å². The van der Waals surface area contributed by atoms with Crippen molar-refractivity contribution in [1.29, 1.82) is 0 Å². The molecule has 6 nitrogen and oxygen atoms in total. The zero-order valence-corrected chi connectivity index (χ0v) is 12.6. The van der Waals surface area contributed by atoms with Crippen molar-refractivity contribution >= 4 is 17.6 Å². The first-order valence-corrected chi connectivity index (χ1v) is 6.88. The third kappa shape index (κ3) is 4.54. The van der Waals surface area contributed by atoms with Crippen LogP contribution in [0.2, 0.25) is 5.02 Å². The number of carbonyl (C=O) groups excluding carboxylic acids is 1. The van der Waals surface area contributed by atoms with Crippen LogP contribution >= 0.6 is 11.6 Å². The Morgan fingerprint density at radius 1 is 1.33 bits per heavy atom. The van der Waals surface area contributed by atoms with E-state index in [1.807, 2.05) is 12.1 Å². The normalized spacial score (nSPS) is 10.9. The number of aromatic nitrogens is 2. The fourth-order valence-electron chi connectivity index (χ4n) is 1.74. The zero-order chi connectivity index (χ0) is 15.2. The maximum Gasteiger partial charge on any atom is 0.320 e. The summed E-state index contributed by atoms with van der Waals surface area (Å²) in [4.78, 5) is 13.1. The predicted octanol–water partition coefficient (Wildman–Crippen LogP) is 2.38. The minimum absolute atomic E-state index is 0.173. The van der Waals surface area contributed by atoms with E-state index >= 15 is 0 Å². The highest BCUT2D eigenvalue weighted by Gasteiger charge is 2.13. The van der Waals surface area contributed by atoms with E-state index < -0.39 is 0 Å².